The Morgan fingerprint density at radius 3 is 2.65 bits per heavy atom. The first-order valence-electron chi connectivity index (χ1n) is 5.53. The van der Waals surface area contributed by atoms with Gasteiger partial charge in [-0.1, -0.05) is 0 Å². The Kier molecular flexibility index (Phi) is 5.71. The highest BCUT2D eigenvalue weighted by atomic mass is 16.5. The summed E-state index contributed by atoms with van der Waals surface area (Å²) in [4.78, 5) is 26.3. The quantitative estimate of drug-likeness (QED) is 0.749. The molecule has 0 aliphatic heterocycles. The summed E-state index contributed by atoms with van der Waals surface area (Å²) in [6, 6.07) is 3.65. The van der Waals surface area contributed by atoms with E-state index in [2.05, 4.69) is 10.3 Å². The van der Waals surface area contributed by atoms with Gasteiger partial charge in [-0.25, -0.2) is 0 Å². The van der Waals surface area contributed by atoms with Gasteiger partial charge in [0.05, 0.1) is 13.0 Å². The van der Waals surface area contributed by atoms with Gasteiger partial charge in [-0.2, -0.15) is 0 Å². The zero-order valence-electron chi connectivity index (χ0n) is 9.81. The van der Waals surface area contributed by atoms with Crippen LogP contribution in [0, 0.1) is 0 Å². The van der Waals surface area contributed by atoms with Crippen molar-refractivity contribution < 1.29 is 14.3 Å². The molecular weight excluding hydrogens is 220 g/mol. The van der Waals surface area contributed by atoms with E-state index in [1.165, 1.54) is 0 Å². The van der Waals surface area contributed by atoms with Crippen molar-refractivity contribution in [3.8, 4) is 0 Å². The molecule has 1 rings (SSSR count). The van der Waals surface area contributed by atoms with Crippen LogP contribution in [0.4, 0.5) is 0 Å². The number of esters is 1. The Labute approximate surface area is 100 Å². The smallest absolute Gasteiger partial charge is 0.306 e. The minimum atomic E-state index is -0.341. The van der Waals surface area contributed by atoms with Crippen molar-refractivity contribution >= 4 is 11.9 Å². The summed E-state index contributed by atoms with van der Waals surface area (Å²) in [7, 11) is 0. The summed E-state index contributed by atoms with van der Waals surface area (Å²) in [6.45, 7) is 2.53. The molecule has 1 N–H and O–H groups in total. The summed E-state index contributed by atoms with van der Waals surface area (Å²) in [5.74, 6) is -0.499. The van der Waals surface area contributed by atoms with Gasteiger partial charge in [0, 0.05) is 25.4 Å². The van der Waals surface area contributed by atoms with Gasteiger partial charge in [0.25, 0.3) is 0 Å². The fourth-order valence-electron chi connectivity index (χ4n) is 1.24. The fraction of sp³-hybridized carbons (Fsp3) is 0.417. The monoisotopic (exact) mass is 236 g/mol. The Hall–Kier alpha value is -1.91. The van der Waals surface area contributed by atoms with Crippen molar-refractivity contribution in [3.05, 3.63) is 30.1 Å². The number of carbonyl (C=O) groups excluding carboxylic acids is 2. The standard InChI is InChI=1S/C12H16N2O3/c1-2-17-12(16)4-3-11(15)14-9-10-5-7-13-8-6-10/h5-8H,2-4,9H2,1H3,(H,14,15). The van der Waals surface area contributed by atoms with E-state index in [-0.39, 0.29) is 24.7 Å². The van der Waals surface area contributed by atoms with Gasteiger partial charge in [0.1, 0.15) is 0 Å². The molecule has 0 saturated carbocycles. The molecule has 0 fully saturated rings. The molecule has 5 heteroatoms. The lowest BCUT2D eigenvalue weighted by molar-refractivity contribution is -0.144. The van der Waals surface area contributed by atoms with Gasteiger partial charge >= 0.3 is 5.97 Å². The topological polar surface area (TPSA) is 68.3 Å². The summed E-state index contributed by atoms with van der Waals surface area (Å²) < 4.78 is 4.73. The maximum Gasteiger partial charge on any atom is 0.306 e. The molecule has 0 radical (unpaired) electrons. The molecule has 0 unspecified atom stereocenters. The predicted molar refractivity (Wildman–Crippen MR) is 62.0 cm³/mol. The molecule has 1 heterocycles. The number of amides is 1. The van der Waals surface area contributed by atoms with Gasteiger partial charge in [-0.3, -0.25) is 14.6 Å². The molecule has 0 aliphatic rings. The molecule has 0 aliphatic carbocycles. The largest absolute Gasteiger partial charge is 0.466 e. The number of hydrogen-bond acceptors (Lipinski definition) is 4. The van der Waals surface area contributed by atoms with Gasteiger partial charge in [0.2, 0.25) is 5.91 Å². The molecule has 92 valence electrons. The van der Waals surface area contributed by atoms with E-state index in [4.69, 9.17) is 4.74 Å². The second-order valence-electron chi connectivity index (χ2n) is 3.44. The van der Waals surface area contributed by atoms with Gasteiger partial charge in [0.15, 0.2) is 0 Å². The molecule has 0 spiro atoms. The molecule has 1 aromatic heterocycles. The third-order valence-corrected chi connectivity index (χ3v) is 2.10. The van der Waals surface area contributed by atoms with Crippen LogP contribution in [0.2, 0.25) is 0 Å². The molecule has 5 nitrogen and oxygen atoms in total. The molecule has 17 heavy (non-hydrogen) atoms. The summed E-state index contributed by atoms with van der Waals surface area (Å²) in [5, 5.41) is 2.72. The van der Waals surface area contributed by atoms with Gasteiger partial charge < -0.3 is 10.1 Å². The Morgan fingerprint density at radius 1 is 1.29 bits per heavy atom. The molecule has 1 aromatic rings. The third kappa shape index (κ3) is 5.65. The lowest BCUT2D eigenvalue weighted by Gasteiger charge is -2.05. The summed E-state index contributed by atoms with van der Waals surface area (Å²) in [6.07, 6.45) is 3.61. The number of pyridine rings is 1. The second-order valence-corrected chi connectivity index (χ2v) is 3.44. The van der Waals surface area contributed by atoms with Crippen LogP contribution in [0.25, 0.3) is 0 Å². The molecular formula is C12H16N2O3. The Balaban J connectivity index is 2.20. The van der Waals surface area contributed by atoms with E-state index in [0.29, 0.717) is 13.2 Å². The first-order chi connectivity index (χ1) is 8.22. The maximum absolute atomic E-state index is 11.4. The Bertz CT molecular complexity index is 365. The van der Waals surface area contributed by atoms with Crippen molar-refractivity contribution in [2.45, 2.75) is 26.3 Å². The Morgan fingerprint density at radius 2 is 2.00 bits per heavy atom. The average Bonchev–Trinajstić information content (AvgIpc) is 2.35. The number of nitrogens with zero attached hydrogens (tertiary/aromatic N) is 1. The number of rotatable bonds is 6. The minimum absolute atomic E-state index is 0.121. The van der Waals surface area contributed by atoms with E-state index in [1.807, 2.05) is 12.1 Å². The number of nitrogens with one attached hydrogen (secondary N) is 1. The molecule has 0 aromatic carbocycles. The first-order valence-corrected chi connectivity index (χ1v) is 5.53. The second kappa shape index (κ2) is 7.38. The lowest BCUT2D eigenvalue weighted by Crippen LogP contribution is -2.23. The van der Waals surface area contributed by atoms with Crippen LogP contribution < -0.4 is 5.32 Å². The fourth-order valence-corrected chi connectivity index (χ4v) is 1.24. The van der Waals surface area contributed by atoms with Crippen LogP contribution in [0.1, 0.15) is 25.3 Å². The van der Waals surface area contributed by atoms with E-state index < -0.39 is 0 Å². The van der Waals surface area contributed by atoms with Crippen LogP contribution in [-0.2, 0) is 20.9 Å². The molecule has 1 amide bonds. The SMILES string of the molecule is CCOC(=O)CCC(=O)NCc1ccncc1. The predicted octanol–water partition coefficient (Wildman–Crippen LogP) is 1.04. The van der Waals surface area contributed by atoms with Crippen LogP contribution in [0.3, 0.4) is 0 Å². The average molecular weight is 236 g/mol. The first kappa shape index (κ1) is 13.2. The van der Waals surface area contributed by atoms with Crippen molar-refractivity contribution in [1.82, 2.24) is 10.3 Å². The third-order valence-electron chi connectivity index (χ3n) is 2.10. The van der Waals surface area contributed by atoms with Crippen LogP contribution in [-0.4, -0.2) is 23.5 Å². The normalized spacial score (nSPS) is 9.71. The number of carbonyl (C=O) groups is 2. The van der Waals surface area contributed by atoms with Gasteiger partial charge in [-0.15, -0.1) is 0 Å². The van der Waals surface area contributed by atoms with Gasteiger partial charge in [-0.05, 0) is 24.6 Å². The zero-order chi connectivity index (χ0) is 12.5. The van der Waals surface area contributed by atoms with Crippen molar-refractivity contribution in [1.29, 1.82) is 0 Å². The summed E-state index contributed by atoms with van der Waals surface area (Å²) >= 11 is 0. The highest BCUT2D eigenvalue weighted by Gasteiger charge is 2.06. The molecule has 0 bridgehead atoms. The number of ether oxygens (including phenoxy) is 1. The van der Waals surface area contributed by atoms with E-state index >= 15 is 0 Å². The maximum atomic E-state index is 11.4. The summed E-state index contributed by atoms with van der Waals surface area (Å²) in [5.41, 5.74) is 0.976. The van der Waals surface area contributed by atoms with Crippen molar-refractivity contribution in [3.63, 3.8) is 0 Å². The van der Waals surface area contributed by atoms with E-state index in [1.54, 1.807) is 19.3 Å². The van der Waals surface area contributed by atoms with Crippen LogP contribution in [0.15, 0.2) is 24.5 Å². The van der Waals surface area contributed by atoms with Crippen LogP contribution >= 0.6 is 0 Å². The lowest BCUT2D eigenvalue weighted by atomic mass is 10.2. The zero-order valence-corrected chi connectivity index (χ0v) is 9.81. The van der Waals surface area contributed by atoms with E-state index in [0.717, 1.165) is 5.56 Å². The van der Waals surface area contributed by atoms with Crippen molar-refractivity contribution in [2.75, 3.05) is 6.61 Å². The highest BCUT2D eigenvalue weighted by molar-refractivity contribution is 5.81. The highest BCUT2D eigenvalue weighted by Crippen LogP contribution is 1.97. The van der Waals surface area contributed by atoms with Crippen LogP contribution in [0.5, 0.6) is 0 Å². The minimum Gasteiger partial charge on any atom is -0.466 e. The molecule has 0 atom stereocenters. The number of hydrogen-bond donors (Lipinski definition) is 1. The van der Waals surface area contributed by atoms with Crippen molar-refractivity contribution in [2.24, 2.45) is 0 Å². The van der Waals surface area contributed by atoms with E-state index in [9.17, 15) is 9.59 Å². The molecule has 0 saturated heterocycles. The number of aromatic nitrogens is 1.